The lowest BCUT2D eigenvalue weighted by molar-refractivity contribution is -0.119. The average molecular weight is 464 g/mol. The Morgan fingerprint density at radius 2 is 1.94 bits per heavy atom. The highest BCUT2D eigenvalue weighted by molar-refractivity contribution is 6.30. The van der Waals surface area contributed by atoms with Gasteiger partial charge < -0.3 is 5.32 Å². The zero-order valence-corrected chi connectivity index (χ0v) is 19.6. The van der Waals surface area contributed by atoms with E-state index in [1.54, 1.807) is 19.1 Å². The predicted octanol–water partition coefficient (Wildman–Crippen LogP) is 6.30. The highest BCUT2D eigenvalue weighted by atomic mass is 35.5. The van der Waals surface area contributed by atoms with E-state index in [4.69, 9.17) is 11.6 Å². The quantitative estimate of drug-likeness (QED) is 0.451. The third kappa shape index (κ3) is 4.22. The fourth-order valence-electron chi connectivity index (χ4n) is 5.63. The fourth-order valence-corrected chi connectivity index (χ4v) is 5.76. The van der Waals surface area contributed by atoms with Crippen molar-refractivity contribution < 1.29 is 9.18 Å². The Labute approximate surface area is 198 Å². The van der Waals surface area contributed by atoms with Crippen molar-refractivity contribution in [2.24, 2.45) is 5.92 Å². The van der Waals surface area contributed by atoms with Crippen molar-refractivity contribution in [1.82, 2.24) is 15.1 Å². The lowest BCUT2D eigenvalue weighted by Gasteiger charge is -2.29. The van der Waals surface area contributed by atoms with Crippen LogP contribution in [0, 0.1) is 11.7 Å². The predicted molar refractivity (Wildman–Crippen MR) is 128 cm³/mol. The molecule has 0 aliphatic heterocycles. The Morgan fingerprint density at radius 3 is 2.64 bits per heavy atom. The molecule has 5 rings (SSSR count). The number of nitrogens with one attached hydrogen (secondary N) is 1. The number of benzene rings is 2. The number of carbonyl (C=O) groups excluding carboxylic acids is 1. The van der Waals surface area contributed by atoms with Crippen LogP contribution in [0.5, 0.6) is 0 Å². The van der Waals surface area contributed by atoms with Crippen LogP contribution in [0.3, 0.4) is 0 Å². The SMILES string of the molecule is CC(=O)NC(C[C@H]1CCC2=C1[C@@H](C)c1cnn(-c3ccc(F)cc3)c1C2)c1ccc(Cl)cc1. The summed E-state index contributed by atoms with van der Waals surface area (Å²) in [6.07, 6.45) is 5.85. The number of fused-ring (bicyclic) bond motifs is 1. The summed E-state index contributed by atoms with van der Waals surface area (Å²) in [4.78, 5) is 12.0. The molecule has 0 saturated heterocycles. The van der Waals surface area contributed by atoms with Gasteiger partial charge in [0.1, 0.15) is 5.82 Å². The molecule has 1 amide bonds. The summed E-state index contributed by atoms with van der Waals surface area (Å²) in [6.45, 7) is 3.83. The van der Waals surface area contributed by atoms with Crippen LogP contribution in [0.4, 0.5) is 4.39 Å². The molecule has 2 aliphatic rings. The summed E-state index contributed by atoms with van der Waals surface area (Å²) < 4.78 is 15.4. The van der Waals surface area contributed by atoms with Gasteiger partial charge in [0.05, 0.1) is 23.6 Å². The molecule has 33 heavy (non-hydrogen) atoms. The Morgan fingerprint density at radius 1 is 1.21 bits per heavy atom. The lowest BCUT2D eigenvalue weighted by Crippen LogP contribution is -2.28. The van der Waals surface area contributed by atoms with Gasteiger partial charge in [-0.3, -0.25) is 4.79 Å². The molecule has 6 heteroatoms. The number of carbonyl (C=O) groups is 1. The first kappa shape index (κ1) is 21.9. The lowest BCUT2D eigenvalue weighted by atomic mass is 9.78. The first-order valence-electron chi connectivity index (χ1n) is 11.5. The molecule has 1 unspecified atom stereocenters. The van der Waals surface area contributed by atoms with E-state index in [1.165, 1.54) is 34.5 Å². The van der Waals surface area contributed by atoms with Crippen molar-refractivity contribution in [2.45, 2.75) is 51.5 Å². The third-order valence-corrected chi connectivity index (χ3v) is 7.35. The van der Waals surface area contributed by atoms with Gasteiger partial charge >= 0.3 is 0 Å². The zero-order chi connectivity index (χ0) is 23.1. The van der Waals surface area contributed by atoms with Gasteiger partial charge in [-0.15, -0.1) is 0 Å². The van der Waals surface area contributed by atoms with Crippen molar-refractivity contribution in [3.05, 3.63) is 93.5 Å². The molecule has 1 N–H and O–H groups in total. The van der Waals surface area contributed by atoms with Crippen molar-refractivity contribution >= 4 is 17.5 Å². The number of halogens is 2. The van der Waals surface area contributed by atoms with Crippen LogP contribution in [0.25, 0.3) is 5.69 Å². The Kier molecular flexibility index (Phi) is 5.83. The molecular formula is C27H27ClFN3O. The highest BCUT2D eigenvalue weighted by Gasteiger charge is 2.37. The van der Waals surface area contributed by atoms with Crippen LogP contribution in [0.1, 0.15) is 61.9 Å². The van der Waals surface area contributed by atoms with Gasteiger partial charge in [0.2, 0.25) is 5.91 Å². The maximum Gasteiger partial charge on any atom is 0.217 e. The van der Waals surface area contributed by atoms with E-state index in [2.05, 4.69) is 17.3 Å². The van der Waals surface area contributed by atoms with Crippen LogP contribution in [0.15, 0.2) is 65.9 Å². The number of hydrogen-bond acceptors (Lipinski definition) is 2. The number of rotatable bonds is 5. The average Bonchev–Trinajstić information content (AvgIpc) is 3.39. The Balaban J connectivity index is 1.42. The number of allylic oxidation sites excluding steroid dienone is 2. The monoisotopic (exact) mass is 463 g/mol. The first-order valence-corrected chi connectivity index (χ1v) is 11.9. The minimum atomic E-state index is -0.244. The number of aromatic nitrogens is 2. The van der Waals surface area contributed by atoms with Crippen LogP contribution >= 0.6 is 11.6 Å². The standard InChI is InChI=1S/C27H27ClFN3O/c1-16-24-15-30-32(23-11-9-22(29)10-12-23)26(24)14-20-4-3-19(27(16)20)13-25(31-17(2)33)18-5-7-21(28)8-6-18/h5-12,15-16,19,25H,3-4,13-14H2,1-2H3,(H,31,33)/t16-,19+,25?/m0/s1. The molecule has 4 nitrogen and oxygen atoms in total. The van der Waals surface area contributed by atoms with Gasteiger partial charge in [-0.25, -0.2) is 9.07 Å². The minimum absolute atomic E-state index is 0.0262. The molecular weight excluding hydrogens is 437 g/mol. The maximum atomic E-state index is 13.4. The Bertz CT molecular complexity index is 1210. The van der Waals surface area contributed by atoms with Crippen LogP contribution < -0.4 is 5.32 Å². The molecule has 1 aromatic heterocycles. The molecule has 3 atom stereocenters. The van der Waals surface area contributed by atoms with Crippen LogP contribution in [0.2, 0.25) is 5.02 Å². The molecule has 0 spiro atoms. The van der Waals surface area contributed by atoms with Crippen LogP contribution in [-0.4, -0.2) is 15.7 Å². The van der Waals surface area contributed by atoms with Crippen molar-refractivity contribution in [3.63, 3.8) is 0 Å². The van der Waals surface area contributed by atoms with E-state index in [9.17, 15) is 9.18 Å². The Hall–Kier alpha value is -2.92. The normalized spacial score (nSPS) is 20.4. The van der Waals surface area contributed by atoms with Gasteiger partial charge in [-0.05, 0) is 67.1 Å². The third-order valence-electron chi connectivity index (χ3n) is 7.10. The smallest absolute Gasteiger partial charge is 0.217 e. The second kappa shape index (κ2) is 8.79. The summed E-state index contributed by atoms with van der Waals surface area (Å²) in [5.41, 5.74) is 7.40. The maximum absolute atomic E-state index is 13.4. The molecule has 0 saturated carbocycles. The topological polar surface area (TPSA) is 46.9 Å². The minimum Gasteiger partial charge on any atom is -0.350 e. The molecule has 0 fully saturated rings. The van der Waals surface area contributed by atoms with Gasteiger partial charge in [0.15, 0.2) is 0 Å². The molecule has 0 radical (unpaired) electrons. The van der Waals surface area contributed by atoms with Crippen molar-refractivity contribution in [1.29, 1.82) is 0 Å². The van der Waals surface area contributed by atoms with Gasteiger partial charge in [0, 0.05) is 29.8 Å². The fraction of sp³-hybridized carbons (Fsp3) is 0.333. The number of nitrogens with zero attached hydrogens (tertiary/aromatic N) is 2. The van der Waals surface area contributed by atoms with E-state index < -0.39 is 0 Å². The molecule has 2 aliphatic carbocycles. The molecule has 170 valence electrons. The second-order valence-corrected chi connectivity index (χ2v) is 9.60. The van der Waals surface area contributed by atoms with Gasteiger partial charge in [-0.1, -0.05) is 41.8 Å². The van der Waals surface area contributed by atoms with E-state index in [0.29, 0.717) is 10.9 Å². The van der Waals surface area contributed by atoms with E-state index >= 15 is 0 Å². The van der Waals surface area contributed by atoms with Gasteiger partial charge in [0.25, 0.3) is 0 Å². The van der Waals surface area contributed by atoms with Crippen LogP contribution in [-0.2, 0) is 11.2 Å². The number of hydrogen-bond donors (Lipinski definition) is 1. The first-order chi connectivity index (χ1) is 15.9. The molecule has 2 aromatic carbocycles. The van der Waals surface area contributed by atoms with E-state index in [1.807, 2.05) is 35.1 Å². The number of amides is 1. The summed E-state index contributed by atoms with van der Waals surface area (Å²) in [6, 6.07) is 14.2. The van der Waals surface area contributed by atoms with Gasteiger partial charge in [-0.2, -0.15) is 5.10 Å². The van der Waals surface area contributed by atoms with Crippen molar-refractivity contribution in [2.75, 3.05) is 0 Å². The molecule has 3 aromatic rings. The molecule has 0 bridgehead atoms. The highest BCUT2D eigenvalue weighted by Crippen LogP contribution is 2.49. The molecule has 1 heterocycles. The van der Waals surface area contributed by atoms with E-state index in [-0.39, 0.29) is 23.7 Å². The zero-order valence-electron chi connectivity index (χ0n) is 18.8. The van der Waals surface area contributed by atoms with E-state index in [0.717, 1.165) is 36.9 Å². The van der Waals surface area contributed by atoms with Crippen molar-refractivity contribution in [3.8, 4) is 5.69 Å². The second-order valence-electron chi connectivity index (χ2n) is 9.17. The summed E-state index contributed by atoms with van der Waals surface area (Å²) in [5.74, 6) is 0.409. The summed E-state index contributed by atoms with van der Waals surface area (Å²) >= 11 is 6.08. The summed E-state index contributed by atoms with van der Waals surface area (Å²) in [5, 5.41) is 8.50. The largest absolute Gasteiger partial charge is 0.350 e. The summed E-state index contributed by atoms with van der Waals surface area (Å²) in [7, 11) is 0.